The minimum absolute atomic E-state index is 0.00311. The minimum Gasteiger partial charge on any atom is -0.485 e. The molecule has 2 N–H and O–H groups in total. The Balaban J connectivity index is 2.03. The molecule has 16 heteroatoms. The van der Waals surface area contributed by atoms with Crippen molar-refractivity contribution in [1.82, 2.24) is 14.5 Å². The van der Waals surface area contributed by atoms with E-state index in [1.807, 2.05) is 0 Å². The predicted molar refractivity (Wildman–Crippen MR) is 126 cm³/mol. The Morgan fingerprint density at radius 3 is 2.50 bits per heavy atom. The van der Waals surface area contributed by atoms with Gasteiger partial charge in [-0.05, 0) is 45.9 Å². The number of ether oxygens (including phenoxy) is 2. The van der Waals surface area contributed by atoms with Gasteiger partial charge in [-0.3, -0.25) is 9.62 Å². The Bertz CT molecular complexity index is 1350. The molecule has 0 radical (unpaired) electrons. The molecule has 36 heavy (non-hydrogen) atoms. The number of carbonyl (C=O) groups excluding carboxylic acids is 1. The Labute approximate surface area is 207 Å². The van der Waals surface area contributed by atoms with Crippen LogP contribution >= 0.6 is 0 Å². The van der Waals surface area contributed by atoms with Crippen LogP contribution in [0, 0.1) is 6.92 Å². The van der Waals surface area contributed by atoms with Crippen LogP contribution in [0.15, 0.2) is 29.3 Å². The van der Waals surface area contributed by atoms with Crippen LogP contribution in [-0.2, 0) is 24.8 Å². The second-order valence-electron chi connectivity index (χ2n) is 9.04. The van der Waals surface area contributed by atoms with Gasteiger partial charge in [0.2, 0.25) is 10.0 Å². The third-order valence-corrected chi connectivity index (χ3v) is 7.32. The number of rotatable bonds is 7. The van der Waals surface area contributed by atoms with Gasteiger partial charge in [0.15, 0.2) is 0 Å². The van der Waals surface area contributed by atoms with Crippen LogP contribution in [0.5, 0.6) is 5.75 Å². The van der Waals surface area contributed by atoms with Crippen LogP contribution < -0.4 is 19.1 Å². The Morgan fingerprint density at radius 2 is 1.94 bits per heavy atom. The van der Waals surface area contributed by atoms with Gasteiger partial charge in [-0.15, -0.1) is 0 Å². The summed E-state index contributed by atoms with van der Waals surface area (Å²) in [6.45, 7) is 2.64. The monoisotopic (exact) mass is 551 g/mol. The summed E-state index contributed by atoms with van der Waals surface area (Å²) in [5.74, 6) is 0.0683. The second-order valence-corrected chi connectivity index (χ2v) is 12.7. The van der Waals surface area contributed by atoms with Crippen LogP contribution in [0.4, 0.5) is 25.0 Å². The molecule has 2 aromatic rings. The molecule has 0 saturated carbocycles. The number of anilines is 2. The van der Waals surface area contributed by atoms with Crippen LogP contribution in [-0.4, -0.2) is 63.8 Å². The summed E-state index contributed by atoms with van der Waals surface area (Å²) in [5, 5.41) is 6.07. The largest absolute Gasteiger partial charge is 0.485 e. The molecular weight excluding hydrogens is 524 g/mol. The number of nitrogens with zero attached hydrogens (tertiary/aromatic N) is 3. The molecular formula is C20H27F2N5O7S2. The van der Waals surface area contributed by atoms with E-state index in [1.165, 1.54) is 25.1 Å². The quantitative estimate of drug-likeness (QED) is 0.533. The number of hydrogen-bond donors (Lipinski definition) is 2. The maximum absolute atomic E-state index is 13.6. The smallest absolute Gasteiger partial charge is 0.412 e. The third kappa shape index (κ3) is 6.61. The lowest BCUT2D eigenvalue weighted by Crippen LogP contribution is -2.48. The molecule has 1 aromatic carbocycles. The van der Waals surface area contributed by atoms with Crippen molar-refractivity contribution in [2.75, 3.05) is 29.0 Å². The van der Waals surface area contributed by atoms with Gasteiger partial charge in [-0.1, -0.05) is 0 Å². The molecule has 0 fully saturated rings. The van der Waals surface area contributed by atoms with Crippen molar-refractivity contribution in [3.63, 3.8) is 0 Å². The van der Waals surface area contributed by atoms with Crippen LogP contribution in [0.2, 0.25) is 0 Å². The van der Waals surface area contributed by atoms with Gasteiger partial charge in [0, 0.05) is 12.2 Å². The zero-order chi connectivity index (χ0) is 27.1. The van der Waals surface area contributed by atoms with Gasteiger partial charge in [-0.25, -0.2) is 31.0 Å². The van der Waals surface area contributed by atoms with Crippen LogP contribution in [0.3, 0.4) is 0 Å². The van der Waals surface area contributed by atoms with Gasteiger partial charge >= 0.3 is 12.6 Å². The number of alkyl halides is 2. The van der Waals surface area contributed by atoms with Crippen molar-refractivity contribution in [3.05, 3.63) is 30.1 Å². The van der Waals surface area contributed by atoms with E-state index in [0.717, 1.165) is 16.8 Å². The molecule has 1 unspecified atom stereocenters. The molecule has 3 rings (SSSR count). The van der Waals surface area contributed by atoms with E-state index in [4.69, 9.17) is 9.47 Å². The fourth-order valence-corrected chi connectivity index (χ4v) is 5.47. The van der Waals surface area contributed by atoms with E-state index in [2.05, 4.69) is 15.1 Å². The first-order valence-electron chi connectivity index (χ1n) is 10.6. The van der Waals surface area contributed by atoms with Gasteiger partial charge < -0.3 is 9.47 Å². The lowest BCUT2D eigenvalue weighted by atomic mass is 10.2. The van der Waals surface area contributed by atoms with Gasteiger partial charge in [0.1, 0.15) is 22.4 Å². The SMILES string of the molecule is Cc1nn(C(F)F)cc1S(=O)(=O)N1CC(CNS(C)(=O)=O)Oc2ccc(NC(=O)OC(C)(C)C)cc21. The van der Waals surface area contributed by atoms with Crippen molar-refractivity contribution < 1.29 is 39.9 Å². The number of fused-ring (bicyclic) bond motifs is 1. The topological polar surface area (TPSA) is 149 Å². The number of hydrogen-bond acceptors (Lipinski definition) is 8. The van der Waals surface area contributed by atoms with Crippen LogP contribution in [0.25, 0.3) is 0 Å². The molecule has 200 valence electrons. The van der Waals surface area contributed by atoms with E-state index < -0.39 is 49.3 Å². The summed E-state index contributed by atoms with van der Waals surface area (Å²) >= 11 is 0. The standard InChI is InChI=1S/C20H27F2N5O7S2/c1-12-17(11-26(25-12)18(21)22)36(31,32)27-10-14(9-23-35(5,29)30)33-16-7-6-13(8-15(16)27)24-19(28)34-20(2,3)4/h6-8,11,14,18,23H,9-10H2,1-5H3,(H,24,28). The number of nitrogens with one attached hydrogen (secondary N) is 2. The fourth-order valence-electron chi connectivity index (χ4n) is 3.33. The molecule has 0 bridgehead atoms. The summed E-state index contributed by atoms with van der Waals surface area (Å²) in [7, 11) is -8.07. The number of benzene rings is 1. The highest BCUT2D eigenvalue weighted by molar-refractivity contribution is 7.93. The zero-order valence-electron chi connectivity index (χ0n) is 20.2. The highest BCUT2D eigenvalue weighted by Crippen LogP contribution is 2.39. The first-order chi connectivity index (χ1) is 16.5. The van der Waals surface area contributed by atoms with E-state index in [9.17, 15) is 30.4 Å². The Morgan fingerprint density at radius 1 is 1.28 bits per heavy atom. The molecule has 0 spiro atoms. The van der Waals surface area contributed by atoms with Crippen molar-refractivity contribution in [2.24, 2.45) is 0 Å². The van der Waals surface area contributed by atoms with Crippen molar-refractivity contribution in [2.45, 2.75) is 50.8 Å². The normalized spacial score (nSPS) is 16.4. The summed E-state index contributed by atoms with van der Waals surface area (Å²) in [4.78, 5) is 11.7. The van der Waals surface area contributed by atoms with Crippen molar-refractivity contribution >= 4 is 37.5 Å². The van der Waals surface area contributed by atoms with E-state index in [0.29, 0.717) is 0 Å². The zero-order valence-corrected chi connectivity index (χ0v) is 21.8. The van der Waals surface area contributed by atoms with Crippen LogP contribution in [0.1, 0.15) is 33.0 Å². The molecule has 2 heterocycles. The highest BCUT2D eigenvalue weighted by atomic mass is 32.2. The van der Waals surface area contributed by atoms with Crippen molar-refractivity contribution in [3.8, 4) is 5.75 Å². The number of aryl methyl sites for hydroxylation is 1. The minimum atomic E-state index is -4.46. The lowest BCUT2D eigenvalue weighted by Gasteiger charge is -2.35. The summed E-state index contributed by atoms with van der Waals surface area (Å²) < 4.78 is 91.0. The number of halogens is 2. The summed E-state index contributed by atoms with van der Waals surface area (Å²) in [6.07, 6.45) is -0.0681. The molecule has 12 nitrogen and oxygen atoms in total. The van der Waals surface area contributed by atoms with Gasteiger partial charge in [0.25, 0.3) is 10.0 Å². The molecule has 1 amide bonds. The molecule has 0 saturated heterocycles. The second kappa shape index (κ2) is 9.82. The summed E-state index contributed by atoms with van der Waals surface area (Å²) in [5.41, 5.74) is -0.751. The molecule has 1 aromatic heterocycles. The average Bonchev–Trinajstić information content (AvgIpc) is 3.12. The average molecular weight is 552 g/mol. The molecule has 1 atom stereocenters. The Hall–Kier alpha value is -2.98. The lowest BCUT2D eigenvalue weighted by molar-refractivity contribution is 0.0560. The fraction of sp³-hybridized carbons (Fsp3) is 0.500. The number of aromatic nitrogens is 2. The Kier molecular flexibility index (Phi) is 7.53. The maximum Gasteiger partial charge on any atom is 0.412 e. The first kappa shape index (κ1) is 27.6. The molecule has 1 aliphatic rings. The van der Waals surface area contributed by atoms with E-state index in [1.54, 1.807) is 20.8 Å². The number of carbonyl (C=O) groups is 1. The third-order valence-electron chi connectivity index (χ3n) is 4.75. The number of sulfonamides is 2. The number of amides is 1. The molecule has 1 aliphatic heterocycles. The van der Waals surface area contributed by atoms with Gasteiger partial charge in [-0.2, -0.15) is 13.9 Å². The molecule has 0 aliphatic carbocycles. The van der Waals surface area contributed by atoms with E-state index in [-0.39, 0.29) is 40.6 Å². The maximum atomic E-state index is 13.6. The van der Waals surface area contributed by atoms with Crippen molar-refractivity contribution in [1.29, 1.82) is 0 Å². The summed E-state index contributed by atoms with van der Waals surface area (Å²) in [6, 6.07) is 4.16. The first-order valence-corrected chi connectivity index (χ1v) is 13.9. The van der Waals surface area contributed by atoms with E-state index >= 15 is 0 Å². The highest BCUT2D eigenvalue weighted by Gasteiger charge is 2.37. The van der Waals surface area contributed by atoms with Gasteiger partial charge in [0.05, 0.1) is 30.4 Å². The predicted octanol–water partition coefficient (Wildman–Crippen LogP) is 2.44.